The van der Waals surface area contributed by atoms with Crippen LogP contribution in [0.25, 0.3) is 0 Å². The Kier molecular flexibility index (Phi) is 7.29. The van der Waals surface area contributed by atoms with Gasteiger partial charge >= 0.3 is 6.09 Å². The molecule has 0 aliphatic heterocycles. The van der Waals surface area contributed by atoms with E-state index in [9.17, 15) is 9.59 Å². The van der Waals surface area contributed by atoms with Gasteiger partial charge in [-0.3, -0.25) is 4.79 Å². The summed E-state index contributed by atoms with van der Waals surface area (Å²) in [7, 11) is 1.29. The molecule has 0 saturated carbocycles. The molecular formula is C11H22N2O4. The lowest BCUT2D eigenvalue weighted by Crippen LogP contribution is -2.38. The summed E-state index contributed by atoms with van der Waals surface area (Å²) in [4.78, 5) is 22.2. The zero-order valence-electron chi connectivity index (χ0n) is 11.0. The predicted molar refractivity (Wildman–Crippen MR) is 63.7 cm³/mol. The van der Waals surface area contributed by atoms with Gasteiger partial charge in [0.15, 0.2) is 0 Å². The first-order valence-corrected chi connectivity index (χ1v) is 5.63. The highest BCUT2D eigenvalue weighted by atomic mass is 16.5. The smallest absolute Gasteiger partial charge is 0.406 e. The zero-order valence-corrected chi connectivity index (χ0v) is 11.0. The molecule has 0 atom stereocenters. The number of amides is 2. The van der Waals surface area contributed by atoms with Gasteiger partial charge in [0.25, 0.3) is 0 Å². The van der Waals surface area contributed by atoms with Crippen LogP contribution in [0.2, 0.25) is 0 Å². The summed E-state index contributed by atoms with van der Waals surface area (Å²) < 4.78 is 9.80. The van der Waals surface area contributed by atoms with Crippen molar-refractivity contribution < 1.29 is 19.1 Å². The first-order valence-electron chi connectivity index (χ1n) is 5.63. The van der Waals surface area contributed by atoms with Crippen LogP contribution >= 0.6 is 0 Å². The highest BCUT2D eigenvalue weighted by Crippen LogP contribution is 2.13. The Labute approximate surface area is 102 Å². The first kappa shape index (κ1) is 15.7. The van der Waals surface area contributed by atoms with E-state index in [1.54, 1.807) is 0 Å². The highest BCUT2D eigenvalue weighted by Gasteiger charge is 2.21. The Balaban J connectivity index is 3.69. The van der Waals surface area contributed by atoms with Gasteiger partial charge in [-0.25, -0.2) is 4.79 Å². The lowest BCUT2D eigenvalue weighted by molar-refractivity contribution is -0.127. The minimum Gasteiger partial charge on any atom is -0.453 e. The van der Waals surface area contributed by atoms with Crippen LogP contribution in [-0.4, -0.2) is 44.4 Å². The summed E-state index contributed by atoms with van der Waals surface area (Å²) in [5.74, 6) is -0.102. The zero-order chi connectivity index (χ0) is 13.3. The fraction of sp³-hybridized carbons (Fsp3) is 0.818. The van der Waals surface area contributed by atoms with E-state index in [0.29, 0.717) is 26.1 Å². The molecule has 0 aromatic carbocycles. The van der Waals surface area contributed by atoms with Gasteiger partial charge in [-0.2, -0.15) is 0 Å². The lowest BCUT2D eigenvalue weighted by Gasteiger charge is -2.23. The predicted octanol–water partition coefficient (Wildman–Crippen LogP) is 0.664. The number of nitrogens with one attached hydrogen (secondary N) is 2. The van der Waals surface area contributed by atoms with E-state index in [2.05, 4.69) is 15.4 Å². The maximum Gasteiger partial charge on any atom is 0.406 e. The van der Waals surface area contributed by atoms with Crippen LogP contribution in [0.1, 0.15) is 27.2 Å². The quantitative estimate of drug-likeness (QED) is 0.647. The Hall–Kier alpha value is -1.30. The van der Waals surface area contributed by atoms with Crippen molar-refractivity contribution in [2.75, 3.05) is 26.8 Å². The van der Waals surface area contributed by atoms with Gasteiger partial charge in [-0.15, -0.1) is 0 Å². The molecule has 0 heterocycles. The molecule has 0 rings (SSSR count). The van der Waals surface area contributed by atoms with Crippen molar-refractivity contribution in [3.8, 4) is 0 Å². The van der Waals surface area contributed by atoms with Gasteiger partial charge in [0.05, 0.1) is 19.1 Å². The van der Waals surface area contributed by atoms with Crippen LogP contribution in [0.4, 0.5) is 4.79 Å². The fourth-order valence-electron chi connectivity index (χ4n) is 1.33. The third-order valence-corrected chi connectivity index (χ3v) is 2.02. The molecule has 0 fully saturated rings. The number of methoxy groups -OCH3 is 1. The first-order chi connectivity index (χ1) is 7.91. The molecule has 0 aromatic rings. The van der Waals surface area contributed by atoms with E-state index in [0.717, 1.165) is 0 Å². The Bertz CT molecular complexity index is 254. The van der Waals surface area contributed by atoms with E-state index in [-0.39, 0.29) is 5.91 Å². The standard InChI is InChI=1S/C11H22N2O4/c1-5-17-11(2,3)8-9(14)12-6-7-13-10(15)16-4/h5-8H2,1-4H3,(H,12,14)(H,13,15). The Morgan fingerprint density at radius 2 is 1.76 bits per heavy atom. The van der Waals surface area contributed by atoms with Gasteiger partial charge in [-0.1, -0.05) is 0 Å². The van der Waals surface area contributed by atoms with Crippen molar-refractivity contribution in [2.24, 2.45) is 0 Å². The molecule has 0 bridgehead atoms. The Morgan fingerprint density at radius 3 is 2.29 bits per heavy atom. The van der Waals surface area contributed by atoms with E-state index in [4.69, 9.17) is 4.74 Å². The highest BCUT2D eigenvalue weighted by molar-refractivity contribution is 5.77. The summed E-state index contributed by atoms with van der Waals surface area (Å²) >= 11 is 0. The van der Waals surface area contributed by atoms with Crippen LogP contribution in [0.3, 0.4) is 0 Å². The SMILES string of the molecule is CCOC(C)(C)CC(=O)NCCNC(=O)OC. The number of hydrogen-bond acceptors (Lipinski definition) is 4. The summed E-state index contributed by atoms with van der Waals surface area (Å²) in [6.07, 6.45) is -0.215. The van der Waals surface area contributed by atoms with Crippen molar-refractivity contribution in [1.82, 2.24) is 10.6 Å². The molecule has 6 nitrogen and oxygen atoms in total. The van der Waals surface area contributed by atoms with Crippen LogP contribution in [0, 0.1) is 0 Å². The van der Waals surface area contributed by atoms with Crippen molar-refractivity contribution >= 4 is 12.0 Å². The molecule has 6 heteroatoms. The molecule has 2 amide bonds. The number of ether oxygens (including phenoxy) is 2. The largest absolute Gasteiger partial charge is 0.453 e. The van der Waals surface area contributed by atoms with Crippen molar-refractivity contribution in [3.63, 3.8) is 0 Å². The average Bonchev–Trinajstić information content (AvgIpc) is 2.23. The number of alkyl carbamates (subject to hydrolysis) is 1. The van der Waals surface area contributed by atoms with Crippen molar-refractivity contribution in [2.45, 2.75) is 32.8 Å². The van der Waals surface area contributed by atoms with Crippen LogP contribution < -0.4 is 10.6 Å². The molecule has 0 aliphatic rings. The fourth-order valence-corrected chi connectivity index (χ4v) is 1.33. The van der Waals surface area contributed by atoms with E-state index in [1.807, 2.05) is 20.8 Å². The van der Waals surface area contributed by atoms with Crippen molar-refractivity contribution in [3.05, 3.63) is 0 Å². The van der Waals surface area contributed by atoms with Gasteiger partial charge < -0.3 is 20.1 Å². The molecule has 17 heavy (non-hydrogen) atoms. The van der Waals surface area contributed by atoms with Gasteiger partial charge in [0, 0.05) is 19.7 Å². The number of carbonyl (C=O) groups excluding carboxylic acids is 2. The second kappa shape index (κ2) is 7.89. The van der Waals surface area contributed by atoms with E-state index < -0.39 is 11.7 Å². The van der Waals surface area contributed by atoms with Crippen molar-refractivity contribution in [1.29, 1.82) is 0 Å². The maximum absolute atomic E-state index is 11.5. The van der Waals surface area contributed by atoms with E-state index >= 15 is 0 Å². The maximum atomic E-state index is 11.5. The van der Waals surface area contributed by atoms with Crippen LogP contribution in [-0.2, 0) is 14.3 Å². The summed E-state index contributed by atoms with van der Waals surface area (Å²) in [6, 6.07) is 0. The molecule has 0 aliphatic carbocycles. The second-order valence-corrected chi connectivity index (χ2v) is 4.14. The topological polar surface area (TPSA) is 76.7 Å². The average molecular weight is 246 g/mol. The molecule has 0 aromatic heterocycles. The van der Waals surface area contributed by atoms with Gasteiger partial charge in [-0.05, 0) is 20.8 Å². The summed E-state index contributed by atoms with van der Waals surface area (Å²) in [5.41, 5.74) is -0.464. The minimum atomic E-state index is -0.506. The number of rotatable bonds is 7. The number of carbonyl (C=O) groups is 2. The van der Waals surface area contributed by atoms with Gasteiger partial charge in [0.2, 0.25) is 5.91 Å². The molecule has 2 N–H and O–H groups in total. The van der Waals surface area contributed by atoms with E-state index in [1.165, 1.54) is 7.11 Å². The normalized spacial score (nSPS) is 10.8. The summed E-state index contributed by atoms with van der Waals surface area (Å²) in [5, 5.41) is 5.16. The molecule has 0 unspecified atom stereocenters. The monoisotopic (exact) mass is 246 g/mol. The molecule has 0 saturated heterocycles. The number of hydrogen-bond donors (Lipinski definition) is 2. The third-order valence-electron chi connectivity index (χ3n) is 2.02. The third kappa shape index (κ3) is 8.50. The van der Waals surface area contributed by atoms with Gasteiger partial charge in [0.1, 0.15) is 0 Å². The van der Waals surface area contributed by atoms with Crippen LogP contribution in [0.15, 0.2) is 0 Å². The molecular weight excluding hydrogens is 224 g/mol. The molecule has 100 valence electrons. The minimum absolute atomic E-state index is 0.102. The summed E-state index contributed by atoms with van der Waals surface area (Å²) in [6.45, 7) is 6.90. The molecule has 0 radical (unpaired) electrons. The van der Waals surface area contributed by atoms with Crippen LogP contribution in [0.5, 0.6) is 0 Å². The second-order valence-electron chi connectivity index (χ2n) is 4.14. The molecule has 0 spiro atoms. The Morgan fingerprint density at radius 1 is 1.18 bits per heavy atom. The lowest BCUT2D eigenvalue weighted by atomic mass is 10.0.